The van der Waals surface area contributed by atoms with E-state index in [9.17, 15) is 39.9 Å². The Morgan fingerprint density at radius 3 is 1.47 bits per heavy atom. The number of nitrogens with one attached hydrogen (secondary N) is 1. The molecule has 0 saturated heterocycles. The molecule has 4 rings (SSSR count). The molecule has 0 aromatic heterocycles. The fourth-order valence-electron chi connectivity index (χ4n) is 5.36. The molecular formula is C32H29F6NO3S. The van der Waals surface area contributed by atoms with Crippen LogP contribution in [-0.2, 0) is 34.4 Å². The lowest BCUT2D eigenvalue weighted by Crippen LogP contribution is -2.52. The third kappa shape index (κ3) is 6.95. The summed E-state index contributed by atoms with van der Waals surface area (Å²) in [6.45, 7) is 5.02. The van der Waals surface area contributed by atoms with Gasteiger partial charge in [-0.2, -0.15) is 26.3 Å². The van der Waals surface area contributed by atoms with Crippen LogP contribution in [0.1, 0.15) is 44.5 Å². The monoisotopic (exact) mass is 621 g/mol. The first kappa shape index (κ1) is 32.2. The third-order valence-electron chi connectivity index (χ3n) is 7.26. The number of benzene rings is 4. The van der Waals surface area contributed by atoms with E-state index in [-0.39, 0.29) is 22.4 Å². The molecule has 4 aromatic rings. The molecule has 0 radical (unpaired) electrons. The van der Waals surface area contributed by atoms with Gasteiger partial charge >= 0.3 is 12.4 Å². The second-order valence-corrected chi connectivity index (χ2v) is 12.2. The molecule has 0 bridgehead atoms. The Morgan fingerprint density at radius 1 is 0.674 bits per heavy atom. The minimum absolute atomic E-state index is 0.0432. The molecule has 2 N–H and O–H groups in total. The Bertz CT molecular complexity index is 1600. The standard InChI is InChI=1S/C32H29F6NO3S/c1-20-17-21(2)29(22(3)18-20)43(41,42)39-28(19-23-7-5-4-6-8-23)30(40,24-9-13-26(14-10-24)31(33,34)35)25-11-15-27(16-12-25)32(36,37)38/h4-18,28,39-40H,19H2,1-3H3/t28-/m0/s1. The normalized spacial score (nSPS) is 13.6. The highest BCUT2D eigenvalue weighted by Gasteiger charge is 2.44. The minimum atomic E-state index is -4.70. The van der Waals surface area contributed by atoms with Crippen LogP contribution >= 0.6 is 0 Å². The second-order valence-electron chi connectivity index (χ2n) is 10.5. The Hall–Kier alpha value is -3.67. The number of hydrogen-bond donors (Lipinski definition) is 2. The summed E-state index contributed by atoms with van der Waals surface area (Å²) < 4.78 is 111. The van der Waals surface area contributed by atoms with Crippen molar-refractivity contribution in [2.24, 2.45) is 0 Å². The van der Waals surface area contributed by atoms with Crippen LogP contribution in [0.25, 0.3) is 0 Å². The molecule has 4 nitrogen and oxygen atoms in total. The van der Waals surface area contributed by atoms with Crippen LogP contribution in [0.3, 0.4) is 0 Å². The smallest absolute Gasteiger partial charge is 0.379 e. The quantitative estimate of drug-likeness (QED) is 0.201. The first-order valence-corrected chi connectivity index (χ1v) is 14.6. The Balaban J connectivity index is 1.95. The Kier molecular flexibility index (Phi) is 8.84. The van der Waals surface area contributed by atoms with E-state index in [1.54, 1.807) is 63.2 Å². The van der Waals surface area contributed by atoms with Gasteiger partial charge in [-0.25, -0.2) is 13.1 Å². The number of alkyl halides is 6. The van der Waals surface area contributed by atoms with Gasteiger partial charge in [-0.3, -0.25) is 0 Å². The molecule has 11 heteroatoms. The van der Waals surface area contributed by atoms with Gasteiger partial charge in [0.05, 0.1) is 22.1 Å². The predicted octanol–water partition coefficient (Wildman–Crippen LogP) is 7.48. The van der Waals surface area contributed by atoms with E-state index in [1.165, 1.54) is 0 Å². The lowest BCUT2D eigenvalue weighted by atomic mass is 9.77. The van der Waals surface area contributed by atoms with E-state index < -0.39 is 45.1 Å². The number of aryl methyl sites for hydroxylation is 3. The highest BCUT2D eigenvalue weighted by Crippen LogP contribution is 2.39. The van der Waals surface area contributed by atoms with E-state index in [0.717, 1.165) is 54.1 Å². The molecular weight excluding hydrogens is 592 g/mol. The molecule has 0 aliphatic heterocycles. The first-order chi connectivity index (χ1) is 19.9. The topological polar surface area (TPSA) is 66.4 Å². The van der Waals surface area contributed by atoms with Crippen molar-refractivity contribution in [1.82, 2.24) is 4.72 Å². The van der Waals surface area contributed by atoms with Crippen LogP contribution in [0, 0.1) is 20.8 Å². The number of aliphatic hydroxyl groups is 1. The molecule has 0 unspecified atom stereocenters. The summed E-state index contributed by atoms with van der Waals surface area (Å²) in [7, 11) is -4.39. The van der Waals surface area contributed by atoms with Gasteiger partial charge in [-0.1, -0.05) is 72.3 Å². The zero-order chi connectivity index (χ0) is 31.8. The van der Waals surface area contributed by atoms with Gasteiger partial charge < -0.3 is 5.11 Å². The second kappa shape index (κ2) is 11.8. The lowest BCUT2D eigenvalue weighted by molar-refractivity contribution is -0.138. The summed E-state index contributed by atoms with van der Waals surface area (Å²) in [5.41, 5.74) is -2.52. The van der Waals surface area contributed by atoms with Crippen LogP contribution < -0.4 is 4.72 Å². The van der Waals surface area contributed by atoms with Crippen molar-refractivity contribution in [3.63, 3.8) is 0 Å². The summed E-state index contributed by atoms with van der Waals surface area (Å²) >= 11 is 0. The van der Waals surface area contributed by atoms with Crippen molar-refractivity contribution in [3.8, 4) is 0 Å². The molecule has 228 valence electrons. The van der Waals surface area contributed by atoms with Crippen molar-refractivity contribution in [3.05, 3.63) is 136 Å². The van der Waals surface area contributed by atoms with E-state index in [0.29, 0.717) is 16.7 Å². The van der Waals surface area contributed by atoms with Crippen LogP contribution in [0.4, 0.5) is 26.3 Å². The zero-order valence-corrected chi connectivity index (χ0v) is 24.2. The van der Waals surface area contributed by atoms with Crippen molar-refractivity contribution in [2.75, 3.05) is 0 Å². The summed E-state index contributed by atoms with van der Waals surface area (Å²) in [6.07, 6.45) is -9.56. The maximum absolute atomic E-state index is 13.9. The van der Waals surface area contributed by atoms with Crippen molar-refractivity contribution in [1.29, 1.82) is 0 Å². The fraction of sp³-hybridized carbons (Fsp3) is 0.250. The van der Waals surface area contributed by atoms with Gasteiger partial charge in [-0.15, -0.1) is 0 Å². The van der Waals surface area contributed by atoms with Gasteiger partial charge in [0.15, 0.2) is 0 Å². The SMILES string of the molecule is Cc1cc(C)c(S(=O)(=O)N[C@@H](Cc2ccccc2)C(O)(c2ccc(C(F)(F)F)cc2)c2ccc(C(F)(F)F)cc2)c(C)c1. The number of hydrogen-bond acceptors (Lipinski definition) is 3. The Morgan fingerprint density at radius 2 is 1.07 bits per heavy atom. The summed E-state index contributed by atoms with van der Waals surface area (Å²) in [5.74, 6) is 0. The average molecular weight is 622 g/mol. The molecule has 0 heterocycles. The van der Waals surface area contributed by atoms with Crippen molar-refractivity contribution < 1.29 is 39.9 Å². The van der Waals surface area contributed by atoms with Gasteiger partial charge in [0, 0.05) is 0 Å². The molecule has 0 spiro atoms. The molecule has 0 fully saturated rings. The van der Waals surface area contributed by atoms with Crippen LogP contribution in [0.15, 0.2) is 95.9 Å². The van der Waals surface area contributed by atoms with E-state index in [2.05, 4.69) is 4.72 Å². The van der Waals surface area contributed by atoms with Gasteiger partial charge in [0.2, 0.25) is 10.0 Å². The molecule has 0 amide bonds. The number of sulfonamides is 1. The third-order valence-corrected chi connectivity index (χ3v) is 9.04. The van der Waals surface area contributed by atoms with E-state index >= 15 is 0 Å². The maximum atomic E-state index is 13.9. The molecule has 0 aliphatic carbocycles. The van der Waals surface area contributed by atoms with Crippen LogP contribution in [0.5, 0.6) is 0 Å². The highest BCUT2D eigenvalue weighted by atomic mass is 32.2. The molecule has 0 aliphatic rings. The molecule has 0 saturated carbocycles. The van der Waals surface area contributed by atoms with Gasteiger partial charge in [0.1, 0.15) is 5.60 Å². The van der Waals surface area contributed by atoms with E-state index in [4.69, 9.17) is 0 Å². The van der Waals surface area contributed by atoms with Crippen LogP contribution in [0.2, 0.25) is 0 Å². The summed E-state index contributed by atoms with van der Waals surface area (Å²) in [5, 5.41) is 12.5. The van der Waals surface area contributed by atoms with Gasteiger partial charge in [0.25, 0.3) is 0 Å². The van der Waals surface area contributed by atoms with Crippen LogP contribution in [-0.4, -0.2) is 19.6 Å². The lowest BCUT2D eigenvalue weighted by Gasteiger charge is -2.38. The number of rotatable bonds is 8. The molecule has 1 atom stereocenters. The Labute approximate surface area is 246 Å². The van der Waals surface area contributed by atoms with E-state index in [1.807, 2.05) is 0 Å². The average Bonchev–Trinajstić information content (AvgIpc) is 2.91. The summed E-state index contributed by atoms with van der Waals surface area (Å²) in [4.78, 5) is -0.0432. The fourth-order valence-corrected chi connectivity index (χ4v) is 7.07. The summed E-state index contributed by atoms with van der Waals surface area (Å²) in [6, 6.07) is 17.2. The predicted molar refractivity (Wildman–Crippen MR) is 151 cm³/mol. The molecule has 43 heavy (non-hydrogen) atoms. The van der Waals surface area contributed by atoms with Crippen molar-refractivity contribution >= 4 is 10.0 Å². The highest BCUT2D eigenvalue weighted by molar-refractivity contribution is 7.89. The van der Waals surface area contributed by atoms with Gasteiger partial charge in [-0.05, 0) is 79.3 Å². The molecule has 4 aromatic carbocycles. The van der Waals surface area contributed by atoms with Crippen molar-refractivity contribution in [2.45, 2.75) is 56.1 Å². The minimum Gasteiger partial charge on any atom is -0.379 e. The maximum Gasteiger partial charge on any atom is 0.416 e. The first-order valence-electron chi connectivity index (χ1n) is 13.1. The number of halogens is 6. The largest absolute Gasteiger partial charge is 0.416 e. The zero-order valence-electron chi connectivity index (χ0n) is 23.4.